The molecule has 0 saturated carbocycles. The maximum atomic E-state index is 12.6. The summed E-state index contributed by atoms with van der Waals surface area (Å²) in [5.41, 5.74) is 3.68. The maximum absolute atomic E-state index is 12.6. The molecular formula is C22H21N5OS. The van der Waals surface area contributed by atoms with Crippen molar-refractivity contribution in [3.8, 4) is 5.69 Å². The number of hydrogen-bond acceptors (Lipinski definition) is 5. The van der Waals surface area contributed by atoms with E-state index in [2.05, 4.69) is 27.3 Å². The van der Waals surface area contributed by atoms with E-state index >= 15 is 0 Å². The van der Waals surface area contributed by atoms with E-state index in [0.717, 1.165) is 33.9 Å². The van der Waals surface area contributed by atoms with E-state index in [4.69, 9.17) is 0 Å². The first-order valence-corrected chi connectivity index (χ1v) is 10.3. The van der Waals surface area contributed by atoms with Gasteiger partial charge in [-0.25, -0.2) is 14.6 Å². The molecular weight excluding hydrogens is 382 g/mol. The summed E-state index contributed by atoms with van der Waals surface area (Å²) in [5, 5.41) is 8.68. The highest BCUT2D eigenvalue weighted by Gasteiger charge is 2.19. The predicted octanol–water partition coefficient (Wildman–Crippen LogP) is 4.50. The molecule has 6 nitrogen and oxygen atoms in total. The maximum Gasteiger partial charge on any atom is 0.237 e. The number of aryl methyl sites for hydroxylation is 1. The SMILES string of the molecule is CCc1ccc(NC(=O)C(C)Sc2ncnc3c2cnn3-c2ccccc2)cc1. The third kappa shape index (κ3) is 4.14. The first kappa shape index (κ1) is 19.1. The molecule has 2 aromatic heterocycles. The minimum atomic E-state index is -0.320. The number of aromatic nitrogens is 4. The lowest BCUT2D eigenvalue weighted by Gasteiger charge is -2.12. The molecule has 146 valence electrons. The van der Waals surface area contributed by atoms with Crippen LogP contribution in [0, 0.1) is 0 Å². The van der Waals surface area contributed by atoms with Crippen molar-refractivity contribution in [2.45, 2.75) is 30.5 Å². The smallest absolute Gasteiger partial charge is 0.237 e. The van der Waals surface area contributed by atoms with Gasteiger partial charge in [-0.05, 0) is 43.2 Å². The summed E-state index contributed by atoms with van der Waals surface area (Å²) >= 11 is 1.40. The van der Waals surface area contributed by atoms with Crippen molar-refractivity contribution in [3.63, 3.8) is 0 Å². The second kappa shape index (κ2) is 8.45. The zero-order valence-corrected chi connectivity index (χ0v) is 17.1. The molecule has 0 aliphatic rings. The molecule has 0 spiro atoms. The van der Waals surface area contributed by atoms with Gasteiger partial charge < -0.3 is 5.32 Å². The van der Waals surface area contributed by atoms with Crippen LogP contribution in [-0.2, 0) is 11.2 Å². The third-order valence-electron chi connectivity index (χ3n) is 4.62. The third-order valence-corrected chi connectivity index (χ3v) is 5.73. The van der Waals surface area contributed by atoms with Crippen LogP contribution in [0.3, 0.4) is 0 Å². The van der Waals surface area contributed by atoms with E-state index in [1.54, 1.807) is 10.9 Å². The van der Waals surface area contributed by atoms with Crippen LogP contribution in [-0.4, -0.2) is 30.9 Å². The summed E-state index contributed by atoms with van der Waals surface area (Å²) in [6, 6.07) is 17.7. The lowest BCUT2D eigenvalue weighted by molar-refractivity contribution is -0.115. The summed E-state index contributed by atoms with van der Waals surface area (Å²) in [4.78, 5) is 21.4. The molecule has 1 amide bonds. The van der Waals surface area contributed by atoms with Crippen LogP contribution in [0.1, 0.15) is 19.4 Å². The van der Waals surface area contributed by atoms with Gasteiger partial charge in [-0.1, -0.05) is 49.0 Å². The lowest BCUT2D eigenvalue weighted by Crippen LogP contribution is -2.22. The first-order chi connectivity index (χ1) is 14.2. The molecule has 0 saturated heterocycles. The molecule has 7 heteroatoms. The van der Waals surface area contributed by atoms with Gasteiger partial charge in [0.25, 0.3) is 0 Å². The second-order valence-corrected chi connectivity index (χ2v) is 7.94. The van der Waals surface area contributed by atoms with Gasteiger partial charge in [-0.15, -0.1) is 0 Å². The van der Waals surface area contributed by atoms with E-state index in [1.165, 1.54) is 23.7 Å². The minimum Gasteiger partial charge on any atom is -0.325 e. The number of para-hydroxylation sites is 1. The Morgan fingerprint density at radius 3 is 2.59 bits per heavy atom. The quantitative estimate of drug-likeness (QED) is 0.379. The van der Waals surface area contributed by atoms with Crippen molar-refractivity contribution < 1.29 is 4.79 Å². The number of carbonyl (C=O) groups is 1. The van der Waals surface area contributed by atoms with Crippen LogP contribution in [0.4, 0.5) is 5.69 Å². The second-order valence-electron chi connectivity index (χ2n) is 6.61. The molecule has 29 heavy (non-hydrogen) atoms. The van der Waals surface area contributed by atoms with E-state index < -0.39 is 0 Å². The molecule has 4 rings (SSSR count). The molecule has 0 aliphatic heterocycles. The van der Waals surface area contributed by atoms with Crippen molar-refractivity contribution in [1.82, 2.24) is 19.7 Å². The highest BCUT2D eigenvalue weighted by molar-refractivity contribution is 8.00. The lowest BCUT2D eigenvalue weighted by atomic mass is 10.1. The van der Waals surface area contributed by atoms with Crippen LogP contribution in [0.25, 0.3) is 16.7 Å². The summed E-state index contributed by atoms with van der Waals surface area (Å²) in [5.74, 6) is -0.0681. The molecule has 0 bridgehead atoms. The fourth-order valence-electron chi connectivity index (χ4n) is 2.96. The Bertz CT molecular complexity index is 1130. The number of fused-ring (bicyclic) bond motifs is 1. The monoisotopic (exact) mass is 403 g/mol. The number of anilines is 1. The van der Waals surface area contributed by atoms with Crippen LogP contribution >= 0.6 is 11.8 Å². The number of carbonyl (C=O) groups excluding carboxylic acids is 1. The van der Waals surface area contributed by atoms with Crippen LogP contribution in [0.15, 0.2) is 72.1 Å². The fourth-order valence-corrected chi connectivity index (χ4v) is 3.84. The average molecular weight is 404 g/mol. The number of amides is 1. The predicted molar refractivity (Wildman–Crippen MR) is 116 cm³/mol. The molecule has 4 aromatic rings. The standard InChI is InChI=1S/C22H21N5OS/c1-3-16-9-11-17(12-10-16)26-21(28)15(2)29-22-19-13-25-27(20(19)23-14-24-22)18-7-5-4-6-8-18/h4-15H,3H2,1-2H3,(H,26,28). The molecule has 1 N–H and O–H groups in total. The van der Waals surface area contributed by atoms with E-state index in [9.17, 15) is 4.79 Å². The van der Waals surface area contributed by atoms with Crippen molar-refractivity contribution in [2.75, 3.05) is 5.32 Å². The highest BCUT2D eigenvalue weighted by Crippen LogP contribution is 2.29. The number of benzene rings is 2. The van der Waals surface area contributed by atoms with Gasteiger partial charge in [0.05, 0.1) is 22.5 Å². The van der Waals surface area contributed by atoms with Crippen molar-refractivity contribution in [2.24, 2.45) is 0 Å². The van der Waals surface area contributed by atoms with Crippen LogP contribution in [0.2, 0.25) is 0 Å². The molecule has 0 aliphatic carbocycles. The van der Waals surface area contributed by atoms with Crippen LogP contribution < -0.4 is 5.32 Å². The Kier molecular flexibility index (Phi) is 5.57. The Balaban J connectivity index is 1.52. The zero-order chi connectivity index (χ0) is 20.2. The van der Waals surface area contributed by atoms with Crippen molar-refractivity contribution in [1.29, 1.82) is 0 Å². The summed E-state index contributed by atoms with van der Waals surface area (Å²) in [7, 11) is 0. The molecule has 1 atom stereocenters. The molecule has 0 radical (unpaired) electrons. The number of nitrogens with zero attached hydrogens (tertiary/aromatic N) is 4. The van der Waals surface area contributed by atoms with Gasteiger partial charge in [0.15, 0.2) is 5.65 Å². The number of nitrogens with one attached hydrogen (secondary N) is 1. The first-order valence-electron chi connectivity index (χ1n) is 9.46. The summed E-state index contributed by atoms with van der Waals surface area (Å²) < 4.78 is 1.78. The number of rotatable bonds is 6. The van der Waals surface area contributed by atoms with Crippen molar-refractivity contribution >= 4 is 34.4 Å². The Labute approximate surface area is 173 Å². The Morgan fingerprint density at radius 1 is 1.10 bits per heavy atom. The number of hydrogen-bond donors (Lipinski definition) is 1. The molecule has 2 aromatic carbocycles. The van der Waals surface area contributed by atoms with Gasteiger partial charge in [-0.2, -0.15) is 5.10 Å². The largest absolute Gasteiger partial charge is 0.325 e. The van der Waals surface area contributed by atoms with Gasteiger partial charge in [0, 0.05) is 5.69 Å². The van der Waals surface area contributed by atoms with E-state index in [1.807, 2.05) is 61.5 Å². The Morgan fingerprint density at radius 2 is 1.86 bits per heavy atom. The van der Waals surface area contributed by atoms with Crippen LogP contribution in [0.5, 0.6) is 0 Å². The van der Waals surface area contributed by atoms with E-state index in [0.29, 0.717) is 0 Å². The van der Waals surface area contributed by atoms with Gasteiger partial charge >= 0.3 is 0 Å². The van der Waals surface area contributed by atoms with Gasteiger partial charge in [-0.3, -0.25) is 4.79 Å². The molecule has 0 fully saturated rings. The van der Waals surface area contributed by atoms with Gasteiger partial charge in [0.2, 0.25) is 5.91 Å². The normalized spacial score (nSPS) is 12.1. The average Bonchev–Trinajstić information content (AvgIpc) is 3.20. The zero-order valence-electron chi connectivity index (χ0n) is 16.2. The topological polar surface area (TPSA) is 72.7 Å². The molecule has 2 heterocycles. The van der Waals surface area contributed by atoms with Gasteiger partial charge in [0.1, 0.15) is 11.4 Å². The van der Waals surface area contributed by atoms with E-state index in [-0.39, 0.29) is 11.2 Å². The molecule has 1 unspecified atom stereocenters. The minimum absolute atomic E-state index is 0.0681. The Hall–Kier alpha value is -3.19. The van der Waals surface area contributed by atoms with Crippen molar-refractivity contribution in [3.05, 3.63) is 72.7 Å². The fraction of sp³-hybridized carbons (Fsp3) is 0.182. The summed E-state index contributed by atoms with van der Waals surface area (Å²) in [6.45, 7) is 3.98. The number of thioether (sulfide) groups is 1. The highest BCUT2D eigenvalue weighted by atomic mass is 32.2. The summed E-state index contributed by atoms with van der Waals surface area (Å²) in [6.07, 6.45) is 4.24.